The van der Waals surface area contributed by atoms with Crippen LogP contribution >= 0.6 is 11.6 Å². The molecule has 28 heavy (non-hydrogen) atoms. The highest BCUT2D eigenvalue weighted by molar-refractivity contribution is 6.33. The number of halogens is 1. The van der Waals surface area contributed by atoms with Crippen LogP contribution in [0.4, 0.5) is 4.79 Å². The van der Waals surface area contributed by atoms with Gasteiger partial charge in [0.05, 0.1) is 19.6 Å². The number of pyridine rings is 1. The topological polar surface area (TPSA) is 77.5 Å². The first-order valence-electron chi connectivity index (χ1n) is 8.87. The Hall–Kier alpha value is -2.60. The number of hydrogen-bond donors (Lipinski definition) is 1. The average Bonchev–Trinajstić information content (AvgIpc) is 2.59. The van der Waals surface area contributed by atoms with Gasteiger partial charge in [0.1, 0.15) is 5.60 Å². The molecule has 1 N–H and O–H groups in total. The van der Waals surface area contributed by atoms with Crippen LogP contribution in [0.25, 0.3) is 11.1 Å². The number of nitrogens with zero attached hydrogens (tertiary/aromatic N) is 1. The number of nitrogens with one attached hydrogen (secondary N) is 1. The maximum Gasteiger partial charge on any atom is 0.408 e. The van der Waals surface area contributed by atoms with Crippen molar-refractivity contribution in [3.05, 3.63) is 52.8 Å². The van der Waals surface area contributed by atoms with Gasteiger partial charge in [0.2, 0.25) is 0 Å². The minimum absolute atomic E-state index is 0.0532. The van der Waals surface area contributed by atoms with Crippen molar-refractivity contribution in [3.63, 3.8) is 0 Å². The third-order valence-electron chi connectivity index (χ3n) is 3.96. The predicted octanol–water partition coefficient (Wildman–Crippen LogP) is 4.84. The number of amides is 1. The summed E-state index contributed by atoms with van der Waals surface area (Å²) in [5.74, 6) is -0.458. The van der Waals surface area contributed by atoms with Crippen molar-refractivity contribution in [2.75, 3.05) is 7.11 Å². The van der Waals surface area contributed by atoms with Crippen LogP contribution < -0.4 is 5.32 Å². The Morgan fingerprint density at radius 1 is 1.25 bits per heavy atom. The lowest BCUT2D eigenvalue weighted by atomic mass is 9.98. The van der Waals surface area contributed by atoms with E-state index in [2.05, 4.69) is 10.3 Å². The van der Waals surface area contributed by atoms with Crippen LogP contribution in [0.3, 0.4) is 0 Å². The molecule has 0 aliphatic rings. The second kappa shape index (κ2) is 9.06. The summed E-state index contributed by atoms with van der Waals surface area (Å²) < 4.78 is 10.1. The number of hydrogen-bond acceptors (Lipinski definition) is 5. The molecule has 150 valence electrons. The summed E-state index contributed by atoms with van der Waals surface area (Å²) in [6, 6.07) is 6.84. The lowest BCUT2D eigenvalue weighted by Gasteiger charge is -2.23. The number of methoxy groups -OCH3 is 1. The molecule has 0 aliphatic carbocycles. The molecule has 0 fully saturated rings. The van der Waals surface area contributed by atoms with E-state index in [1.807, 2.05) is 25.1 Å². The van der Waals surface area contributed by atoms with Gasteiger partial charge in [-0.15, -0.1) is 0 Å². The monoisotopic (exact) mass is 404 g/mol. The standard InChI is InChI=1S/C21H25ClN2O4/c1-13-7-6-8-16(22)19(13)15-9-14(11-23-12-15)17(10-18(25)27-5)24-20(26)28-21(2,3)4/h6-9,11-12,17H,10H2,1-5H3,(H,24,26). The Kier molecular flexibility index (Phi) is 7.02. The fourth-order valence-corrected chi connectivity index (χ4v) is 3.07. The summed E-state index contributed by atoms with van der Waals surface area (Å²) in [5, 5.41) is 3.33. The van der Waals surface area contributed by atoms with Crippen molar-refractivity contribution in [3.8, 4) is 11.1 Å². The van der Waals surface area contributed by atoms with Gasteiger partial charge in [-0.1, -0.05) is 23.7 Å². The highest BCUT2D eigenvalue weighted by atomic mass is 35.5. The Morgan fingerprint density at radius 3 is 2.57 bits per heavy atom. The molecule has 0 bridgehead atoms. The number of aryl methyl sites for hydroxylation is 1. The summed E-state index contributed by atoms with van der Waals surface area (Å²) in [6.45, 7) is 7.26. The van der Waals surface area contributed by atoms with Gasteiger partial charge in [-0.25, -0.2) is 4.79 Å². The summed E-state index contributed by atoms with van der Waals surface area (Å²) >= 11 is 6.37. The smallest absolute Gasteiger partial charge is 0.408 e. The molecule has 1 aromatic heterocycles. The molecule has 1 aromatic carbocycles. The minimum Gasteiger partial charge on any atom is -0.469 e. The zero-order valence-electron chi connectivity index (χ0n) is 16.7. The molecule has 6 nitrogen and oxygen atoms in total. The molecular weight excluding hydrogens is 380 g/mol. The molecule has 0 saturated heterocycles. The highest BCUT2D eigenvalue weighted by Gasteiger charge is 2.24. The van der Waals surface area contributed by atoms with E-state index in [4.69, 9.17) is 21.1 Å². The molecule has 0 saturated carbocycles. The SMILES string of the molecule is COC(=O)CC(NC(=O)OC(C)(C)C)c1cncc(-c2c(C)cccc2Cl)c1. The van der Waals surface area contributed by atoms with Crippen LogP contribution in [-0.2, 0) is 14.3 Å². The van der Waals surface area contributed by atoms with E-state index in [1.165, 1.54) is 7.11 Å². The first-order valence-corrected chi connectivity index (χ1v) is 9.25. The first-order chi connectivity index (χ1) is 13.1. The van der Waals surface area contributed by atoms with Crippen molar-refractivity contribution in [2.45, 2.75) is 45.8 Å². The number of ether oxygens (including phenoxy) is 2. The second-order valence-corrected chi connectivity index (χ2v) is 7.82. The predicted molar refractivity (Wildman–Crippen MR) is 108 cm³/mol. The Balaban J connectivity index is 2.38. The summed E-state index contributed by atoms with van der Waals surface area (Å²) in [5.41, 5.74) is 2.63. The van der Waals surface area contributed by atoms with Crippen molar-refractivity contribution in [1.29, 1.82) is 0 Å². The fourth-order valence-electron chi connectivity index (χ4n) is 2.73. The van der Waals surface area contributed by atoms with Crippen molar-refractivity contribution in [2.24, 2.45) is 0 Å². The number of aromatic nitrogens is 1. The lowest BCUT2D eigenvalue weighted by Crippen LogP contribution is -2.36. The lowest BCUT2D eigenvalue weighted by molar-refractivity contribution is -0.141. The Morgan fingerprint density at radius 2 is 1.96 bits per heavy atom. The van der Waals surface area contributed by atoms with E-state index in [9.17, 15) is 9.59 Å². The maximum atomic E-state index is 12.2. The van der Waals surface area contributed by atoms with Gasteiger partial charge in [0.25, 0.3) is 0 Å². The Bertz CT molecular complexity index is 841. The number of rotatable bonds is 5. The van der Waals surface area contributed by atoms with Crippen molar-refractivity contribution < 1.29 is 19.1 Å². The molecular formula is C21H25ClN2O4. The van der Waals surface area contributed by atoms with E-state index >= 15 is 0 Å². The number of carbonyl (C=O) groups is 2. The molecule has 7 heteroatoms. The van der Waals surface area contributed by atoms with Gasteiger partial charge in [-0.3, -0.25) is 9.78 Å². The van der Waals surface area contributed by atoms with Crippen LogP contribution in [0.2, 0.25) is 5.02 Å². The number of alkyl carbamates (subject to hydrolysis) is 1. The van der Waals surface area contributed by atoms with Gasteiger partial charge >= 0.3 is 12.1 Å². The quantitative estimate of drug-likeness (QED) is 0.721. The number of carbonyl (C=O) groups excluding carboxylic acids is 2. The molecule has 0 radical (unpaired) electrons. The van der Waals surface area contributed by atoms with E-state index in [-0.39, 0.29) is 6.42 Å². The zero-order chi connectivity index (χ0) is 20.9. The van der Waals surface area contributed by atoms with Gasteiger partial charge in [0, 0.05) is 28.5 Å². The maximum absolute atomic E-state index is 12.2. The number of esters is 1. The largest absolute Gasteiger partial charge is 0.469 e. The van der Waals surface area contributed by atoms with Gasteiger partial charge in [-0.05, 0) is 51.0 Å². The van der Waals surface area contributed by atoms with E-state index in [0.717, 1.165) is 16.7 Å². The van der Waals surface area contributed by atoms with Gasteiger partial charge < -0.3 is 14.8 Å². The van der Waals surface area contributed by atoms with Gasteiger partial charge in [0.15, 0.2) is 0 Å². The molecule has 1 unspecified atom stereocenters. The van der Waals surface area contributed by atoms with Crippen molar-refractivity contribution in [1.82, 2.24) is 10.3 Å². The molecule has 0 spiro atoms. The van der Waals surface area contributed by atoms with Gasteiger partial charge in [-0.2, -0.15) is 0 Å². The van der Waals surface area contributed by atoms with Crippen LogP contribution in [0.5, 0.6) is 0 Å². The Labute approximate surface area is 170 Å². The highest BCUT2D eigenvalue weighted by Crippen LogP contribution is 2.32. The molecule has 0 aliphatic heterocycles. The van der Waals surface area contributed by atoms with Crippen molar-refractivity contribution >= 4 is 23.7 Å². The third-order valence-corrected chi connectivity index (χ3v) is 4.28. The number of benzene rings is 1. The van der Waals surface area contributed by atoms with E-state index in [1.54, 1.807) is 39.2 Å². The summed E-state index contributed by atoms with van der Waals surface area (Å²) in [4.78, 5) is 28.4. The fraction of sp³-hybridized carbons (Fsp3) is 0.381. The summed E-state index contributed by atoms with van der Waals surface area (Å²) in [6.07, 6.45) is 2.62. The minimum atomic E-state index is -0.658. The zero-order valence-corrected chi connectivity index (χ0v) is 17.5. The van der Waals surface area contributed by atoms with Crippen LogP contribution in [0, 0.1) is 6.92 Å². The second-order valence-electron chi connectivity index (χ2n) is 7.42. The van der Waals surface area contributed by atoms with Crippen LogP contribution in [0.1, 0.15) is 44.4 Å². The molecule has 1 heterocycles. The average molecular weight is 405 g/mol. The molecule has 1 amide bonds. The summed E-state index contributed by atoms with van der Waals surface area (Å²) in [7, 11) is 1.30. The molecule has 2 aromatic rings. The molecule has 2 rings (SSSR count). The normalized spacial score (nSPS) is 12.2. The van der Waals surface area contributed by atoms with Crippen LogP contribution in [-0.4, -0.2) is 29.8 Å². The first kappa shape index (κ1) is 21.7. The van der Waals surface area contributed by atoms with E-state index < -0.39 is 23.7 Å². The third kappa shape index (κ3) is 5.96. The molecule has 1 atom stereocenters. The van der Waals surface area contributed by atoms with Crippen LogP contribution in [0.15, 0.2) is 36.7 Å². The van der Waals surface area contributed by atoms with E-state index in [0.29, 0.717) is 10.6 Å².